The quantitative estimate of drug-likeness (QED) is 0.576. The highest BCUT2D eigenvalue weighted by molar-refractivity contribution is 5.96. The first kappa shape index (κ1) is 14.8. The smallest absolute Gasteiger partial charge is 0.254 e. The van der Waals surface area contributed by atoms with Crippen LogP contribution in [0.5, 0.6) is 0 Å². The zero-order valence-electron chi connectivity index (χ0n) is 11.9. The number of likely N-dealkylation sites (tertiary alicyclic amines) is 1. The second-order valence-corrected chi connectivity index (χ2v) is 5.45. The number of aliphatic hydroxyl groups is 1. The molecular formula is C15H23N3O2. The van der Waals surface area contributed by atoms with Gasteiger partial charge in [0.05, 0.1) is 0 Å². The number of rotatable bonds is 4. The van der Waals surface area contributed by atoms with Crippen molar-refractivity contribution in [2.24, 2.45) is 11.8 Å². The minimum atomic E-state index is 0.0775. The van der Waals surface area contributed by atoms with Crippen molar-refractivity contribution in [3.8, 4) is 0 Å². The lowest BCUT2D eigenvalue weighted by molar-refractivity contribution is 0.0653. The maximum atomic E-state index is 12.6. The highest BCUT2D eigenvalue weighted by atomic mass is 16.3. The van der Waals surface area contributed by atoms with Crippen molar-refractivity contribution in [1.82, 2.24) is 4.90 Å². The first-order valence-electron chi connectivity index (χ1n) is 7.13. The molecule has 0 bridgehead atoms. The molecule has 1 atom stereocenters. The fourth-order valence-corrected chi connectivity index (χ4v) is 2.83. The van der Waals surface area contributed by atoms with Crippen LogP contribution in [0.2, 0.25) is 0 Å². The lowest BCUT2D eigenvalue weighted by atomic mass is 9.94. The van der Waals surface area contributed by atoms with Crippen molar-refractivity contribution in [1.29, 1.82) is 0 Å². The van der Waals surface area contributed by atoms with E-state index in [0.717, 1.165) is 49.2 Å². The second kappa shape index (κ2) is 6.72. The number of nitrogen functional groups attached to an aromatic ring is 1. The van der Waals surface area contributed by atoms with Gasteiger partial charge in [0.1, 0.15) is 0 Å². The van der Waals surface area contributed by atoms with E-state index in [2.05, 4.69) is 5.43 Å². The molecule has 0 aromatic heterocycles. The fraction of sp³-hybridized carbons (Fsp3) is 0.533. The molecule has 0 aliphatic carbocycles. The number of carbonyl (C=O) groups is 1. The number of benzene rings is 1. The number of nitrogens with one attached hydrogen (secondary N) is 1. The summed E-state index contributed by atoms with van der Waals surface area (Å²) < 4.78 is 0. The van der Waals surface area contributed by atoms with Gasteiger partial charge in [0, 0.05) is 30.9 Å². The summed E-state index contributed by atoms with van der Waals surface area (Å²) in [4.78, 5) is 14.5. The zero-order valence-corrected chi connectivity index (χ0v) is 11.9. The van der Waals surface area contributed by atoms with Gasteiger partial charge in [-0.25, -0.2) is 0 Å². The standard InChI is InChI=1S/C15H23N3O2/c1-11-9-13(17-16)4-5-14(11)15(20)18-7-2-3-12(10-18)6-8-19/h4-5,9,12,17,19H,2-3,6-8,10,16H2,1H3. The Balaban J connectivity index is 2.10. The normalized spacial score (nSPS) is 18.9. The number of nitrogens with two attached hydrogens (primary N) is 1. The lowest BCUT2D eigenvalue weighted by Crippen LogP contribution is -2.40. The van der Waals surface area contributed by atoms with Crippen LogP contribution in [0.15, 0.2) is 18.2 Å². The largest absolute Gasteiger partial charge is 0.396 e. The summed E-state index contributed by atoms with van der Waals surface area (Å²) in [7, 11) is 0. The number of aliphatic hydroxyl groups excluding tert-OH is 1. The molecule has 2 rings (SSSR count). The molecule has 1 aliphatic heterocycles. The number of nitrogens with zero attached hydrogens (tertiary/aromatic N) is 1. The van der Waals surface area contributed by atoms with Gasteiger partial charge in [-0.2, -0.15) is 0 Å². The number of aryl methyl sites for hydroxylation is 1. The minimum absolute atomic E-state index is 0.0775. The Bertz CT molecular complexity index is 474. The van der Waals surface area contributed by atoms with E-state index in [4.69, 9.17) is 10.9 Å². The third kappa shape index (κ3) is 3.29. The predicted octanol–water partition coefficient (Wildman–Crippen LogP) is 1.52. The second-order valence-electron chi connectivity index (χ2n) is 5.45. The van der Waals surface area contributed by atoms with Crippen molar-refractivity contribution in [2.45, 2.75) is 26.2 Å². The maximum absolute atomic E-state index is 12.6. The monoisotopic (exact) mass is 277 g/mol. The van der Waals surface area contributed by atoms with Crippen molar-refractivity contribution >= 4 is 11.6 Å². The number of hydrogen-bond donors (Lipinski definition) is 3. The van der Waals surface area contributed by atoms with Crippen LogP contribution in [0.1, 0.15) is 35.2 Å². The van der Waals surface area contributed by atoms with Crippen LogP contribution >= 0.6 is 0 Å². The summed E-state index contributed by atoms with van der Waals surface area (Å²) >= 11 is 0. The molecule has 1 aromatic carbocycles. The average molecular weight is 277 g/mol. The molecule has 1 heterocycles. The molecule has 1 unspecified atom stereocenters. The van der Waals surface area contributed by atoms with Crippen molar-refractivity contribution in [2.75, 3.05) is 25.1 Å². The third-order valence-electron chi connectivity index (χ3n) is 3.97. The summed E-state index contributed by atoms with van der Waals surface area (Å²) in [6.07, 6.45) is 2.88. The molecule has 0 radical (unpaired) electrons. The molecule has 1 saturated heterocycles. The molecule has 5 nitrogen and oxygen atoms in total. The minimum Gasteiger partial charge on any atom is -0.396 e. The Kier molecular flexibility index (Phi) is 4.98. The Hall–Kier alpha value is -1.59. The molecule has 1 fully saturated rings. The van der Waals surface area contributed by atoms with Gasteiger partial charge in [-0.3, -0.25) is 10.6 Å². The predicted molar refractivity (Wildman–Crippen MR) is 79.3 cm³/mol. The van der Waals surface area contributed by atoms with Gasteiger partial charge >= 0.3 is 0 Å². The topological polar surface area (TPSA) is 78.6 Å². The Morgan fingerprint density at radius 2 is 2.35 bits per heavy atom. The lowest BCUT2D eigenvalue weighted by Gasteiger charge is -2.33. The summed E-state index contributed by atoms with van der Waals surface area (Å²) in [5.74, 6) is 5.87. The Morgan fingerprint density at radius 3 is 3.00 bits per heavy atom. The van der Waals surface area contributed by atoms with Crippen LogP contribution in [0.25, 0.3) is 0 Å². The number of carbonyl (C=O) groups excluding carboxylic acids is 1. The van der Waals surface area contributed by atoms with Gasteiger partial charge in [-0.15, -0.1) is 0 Å². The summed E-state index contributed by atoms with van der Waals surface area (Å²) in [5, 5.41) is 9.04. The molecule has 1 amide bonds. The van der Waals surface area contributed by atoms with Crippen molar-refractivity contribution < 1.29 is 9.90 Å². The number of hydrazine groups is 1. The molecule has 110 valence electrons. The van der Waals surface area contributed by atoms with E-state index < -0.39 is 0 Å². The number of piperidine rings is 1. The van der Waals surface area contributed by atoms with Gasteiger partial charge in [0.15, 0.2) is 0 Å². The highest BCUT2D eigenvalue weighted by Gasteiger charge is 2.24. The zero-order chi connectivity index (χ0) is 14.5. The van der Waals surface area contributed by atoms with Gasteiger partial charge < -0.3 is 15.4 Å². The van der Waals surface area contributed by atoms with Crippen LogP contribution in [-0.2, 0) is 0 Å². The number of anilines is 1. The first-order chi connectivity index (χ1) is 9.65. The van der Waals surface area contributed by atoms with Gasteiger partial charge in [-0.05, 0) is 55.9 Å². The van der Waals surface area contributed by atoms with E-state index in [0.29, 0.717) is 5.92 Å². The van der Waals surface area contributed by atoms with E-state index in [9.17, 15) is 4.79 Å². The van der Waals surface area contributed by atoms with Crippen LogP contribution in [0.4, 0.5) is 5.69 Å². The van der Waals surface area contributed by atoms with Crippen molar-refractivity contribution in [3.05, 3.63) is 29.3 Å². The number of amides is 1. The molecule has 5 heteroatoms. The average Bonchev–Trinajstić information content (AvgIpc) is 2.47. The Labute approximate surface area is 119 Å². The summed E-state index contributed by atoms with van der Waals surface area (Å²) in [6.45, 7) is 3.67. The molecular weight excluding hydrogens is 254 g/mol. The first-order valence-corrected chi connectivity index (χ1v) is 7.13. The van der Waals surface area contributed by atoms with Crippen LogP contribution in [0, 0.1) is 12.8 Å². The molecule has 20 heavy (non-hydrogen) atoms. The van der Waals surface area contributed by atoms with E-state index in [-0.39, 0.29) is 12.5 Å². The fourth-order valence-electron chi connectivity index (χ4n) is 2.83. The van der Waals surface area contributed by atoms with E-state index in [1.807, 2.05) is 30.0 Å². The summed E-state index contributed by atoms with van der Waals surface area (Å²) in [5.41, 5.74) is 5.04. The van der Waals surface area contributed by atoms with Gasteiger partial charge in [-0.1, -0.05) is 0 Å². The SMILES string of the molecule is Cc1cc(NN)ccc1C(=O)N1CCCC(CCO)C1. The number of hydrogen-bond acceptors (Lipinski definition) is 4. The molecule has 4 N–H and O–H groups in total. The third-order valence-corrected chi connectivity index (χ3v) is 3.97. The van der Waals surface area contributed by atoms with Gasteiger partial charge in [0.25, 0.3) is 5.91 Å². The van der Waals surface area contributed by atoms with Crippen LogP contribution < -0.4 is 11.3 Å². The molecule has 0 spiro atoms. The van der Waals surface area contributed by atoms with Gasteiger partial charge in [0.2, 0.25) is 0 Å². The van der Waals surface area contributed by atoms with Crippen LogP contribution in [0.3, 0.4) is 0 Å². The highest BCUT2D eigenvalue weighted by Crippen LogP contribution is 2.23. The summed E-state index contributed by atoms with van der Waals surface area (Å²) in [6, 6.07) is 5.51. The van der Waals surface area contributed by atoms with E-state index >= 15 is 0 Å². The Morgan fingerprint density at radius 1 is 1.55 bits per heavy atom. The molecule has 0 saturated carbocycles. The molecule has 1 aliphatic rings. The maximum Gasteiger partial charge on any atom is 0.254 e. The van der Waals surface area contributed by atoms with E-state index in [1.54, 1.807) is 0 Å². The van der Waals surface area contributed by atoms with Crippen LogP contribution in [-0.4, -0.2) is 35.6 Å². The van der Waals surface area contributed by atoms with E-state index in [1.165, 1.54) is 0 Å². The van der Waals surface area contributed by atoms with Crippen molar-refractivity contribution in [3.63, 3.8) is 0 Å². The molecule has 1 aromatic rings.